The molecule has 1 aliphatic carbocycles. The predicted octanol–water partition coefficient (Wildman–Crippen LogP) is 2.44. The third-order valence-electron chi connectivity index (χ3n) is 3.73. The predicted molar refractivity (Wildman–Crippen MR) is 80.1 cm³/mol. The fourth-order valence-corrected chi connectivity index (χ4v) is 2.63. The fourth-order valence-electron chi connectivity index (χ4n) is 2.29. The molecule has 1 unspecified atom stereocenters. The third kappa shape index (κ3) is 3.87. The summed E-state index contributed by atoms with van der Waals surface area (Å²) in [6, 6.07) is 7.62. The molecule has 0 heterocycles. The van der Waals surface area contributed by atoms with Crippen LogP contribution in [0.1, 0.15) is 31.7 Å². The quantitative estimate of drug-likeness (QED) is 0.755. The van der Waals surface area contributed by atoms with Gasteiger partial charge in [-0.1, -0.05) is 29.8 Å². The Morgan fingerprint density at radius 1 is 1.40 bits per heavy atom. The van der Waals surface area contributed by atoms with Crippen molar-refractivity contribution in [1.82, 2.24) is 10.6 Å². The zero-order chi connectivity index (χ0) is 14.6. The van der Waals surface area contributed by atoms with Crippen LogP contribution in [0.2, 0.25) is 5.02 Å². The molecule has 5 heteroatoms. The number of aliphatic hydroxyl groups is 1. The van der Waals surface area contributed by atoms with Crippen molar-refractivity contribution in [1.29, 1.82) is 0 Å². The highest BCUT2D eigenvalue weighted by Gasteiger charge is 2.45. The van der Waals surface area contributed by atoms with Gasteiger partial charge in [0.1, 0.15) is 0 Å². The summed E-state index contributed by atoms with van der Waals surface area (Å²) >= 11 is 6.23. The topological polar surface area (TPSA) is 61.4 Å². The summed E-state index contributed by atoms with van der Waals surface area (Å²) in [5.74, 6) is 0. The molecule has 1 aromatic rings. The molecule has 20 heavy (non-hydrogen) atoms. The monoisotopic (exact) mass is 296 g/mol. The number of nitrogens with one attached hydrogen (secondary N) is 2. The molecule has 1 saturated carbocycles. The van der Waals surface area contributed by atoms with E-state index in [9.17, 15) is 4.79 Å². The molecule has 0 aliphatic heterocycles. The number of amides is 2. The Hall–Kier alpha value is -1.26. The van der Waals surface area contributed by atoms with E-state index in [1.54, 1.807) is 6.92 Å². The summed E-state index contributed by atoms with van der Waals surface area (Å²) in [6.45, 7) is 2.77. The Bertz CT molecular complexity index is 473. The van der Waals surface area contributed by atoms with E-state index >= 15 is 0 Å². The third-order valence-corrected chi connectivity index (χ3v) is 4.06. The molecule has 2 amide bonds. The van der Waals surface area contributed by atoms with Crippen LogP contribution in [0.4, 0.5) is 4.79 Å². The van der Waals surface area contributed by atoms with Gasteiger partial charge in [0.25, 0.3) is 0 Å². The van der Waals surface area contributed by atoms with Gasteiger partial charge in [-0.15, -0.1) is 0 Å². The van der Waals surface area contributed by atoms with Gasteiger partial charge in [-0.25, -0.2) is 4.79 Å². The molecule has 1 aromatic carbocycles. The van der Waals surface area contributed by atoms with Crippen molar-refractivity contribution in [2.24, 2.45) is 0 Å². The molecule has 0 radical (unpaired) electrons. The maximum atomic E-state index is 11.7. The highest BCUT2D eigenvalue weighted by molar-refractivity contribution is 6.31. The number of aliphatic hydroxyl groups excluding tert-OH is 1. The minimum absolute atomic E-state index is 0.0000461. The molecule has 0 bridgehead atoms. The summed E-state index contributed by atoms with van der Waals surface area (Å²) in [7, 11) is 0. The molecule has 1 fully saturated rings. The average molecular weight is 297 g/mol. The number of rotatable bonds is 6. The van der Waals surface area contributed by atoms with E-state index in [0.29, 0.717) is 19.5 Å². The second-order valence-corrected chi connectivity index (χ2v) is 5.91. The summed E-state index contributed by atoms with van der Waals surface area (Å²) < 4.78 is 0. The number of benzene rings is 1. The van der Waals surface area contributed by atoms with Crippen molar-refractivity contribution in [3.05, 3.63) is 34.9 Å². The minimum Gasteiger partial charge on any atom is -0.393 e. The van der Waals surface area contributed by atoms with E-state index in [2.05, 4.69) is 10.6 Å². The zero-order valence-corrected chi connectivity index (χ0v) is 12.4. The molecule has 0 saturated heterocycles. The van der Waals surface area contributed by atoms with Crippen molar-refractivity contribution < 1.29 is 9.90 Å². The lowest BCUT2D eigenvalue weighted by molar-refractivity contribution is 0.183. The van der Waals surface area contributed by atoms with Crippen LogP contribution in [0.3, 0.4) is 0 Å². The Labute approximate surface area is 124 Å². The van der Waals surface area contributed by atoms with Crippen LogP contribution in [0.15, 0.2) is 24.3 Å². The van der Waals surface area contributed by atoms with Crippen LogP contribution in [0, 0.1) is 0 Å². The largest absolute Gasteiger partial charge is 0.393 e. The second kappa shape index (κ2) is 6.46. The van der Waals surface area contributed by atoms with Crippen LogP contribution in [0.25, 0.3) is 0 Å². The number of hydrogen-bond acceptors (Lipinski definition) is 2. The molecule has 0 spiro atoms. The van der Waals surface area contributed by atoms with Gasteiger partial charge >= 0.3 is 6.03 Å². The number of halogens is 1. The van der Waals surface area contributed by atoms with E-state index in [1.165, 1.54) is 0 Å². The van der Waals surface area contributed by atoms with Gasteiger partial charge in [0.15, 0.2) is 0 Å². The van der Waals surface area contributed by atoms with Crippen LogP contribution < -0.4 is 10.6 Å². The smallest absolute Gasteiger partial charge is 0.314 e. The minimum atomic E-state index is -0.395. The first-order valence-corrected chi connectivity index (χ1v) is 7.36. The molecule has 2 rings (SSSR count). The Balaban J connectivity index is 1.82. The lowest BCUT2D eigenvalue weighted by atomic mass is 9.96. The van der Waals surface area contributed by atoms with Crippen LogP contribution >= 0.6 is 11.6 Å². The first-order valence-electron chi connectivity index (χ1n) is 6.98. The van der Waals surface area contributed by atoms with E-state index in [4.69, 9.17) is 16.7 Å². The normalized spacial score (nSPS) is 17.4. The van der Waals surface area contributed by atoms with Gasteiger partial charge in [-0.05, 0) is 37.8 Å². The van der Waals surface area contributed by atoms with E-state index < -0.39 is 6.10 Å². The van der Waals surface area contributed by atoms with Crippen molar-refractivity contribution in [3.63, 3.8) is 0 Å². The van der Waals surface area contributed by atoms with Gasteiger partial charge in [-0.3, -0.25) is 0 Å². The van der Waals surface area contributed by atoms with Crippen LogP contribution in [0.5, 0.6) is 0 Å². The van der Waals surface area contributed by atoms with E-state index in [0.717, 1.165) is 23.4 Å². The number of carbonyl (C=O) groups is 1. The SMILES string of the molecule is CC(O)CCNC(=O)NCC1(c2ccccc2Cl)CC1. The molecule has 1 aliphatic rings. The maximum Gasteiger partial charge on any atom is 0.314 e. The summed E-state index contributed by atoms with van der Waals surface area (Å²) in [5.41, 5.74) is 1.12. The Morgan fingerprint density at radius 3 is 2.70 bits per heavy atom. The van der Waals surface area contributed by atoms with Crippen molar-refractivity contribution in [2.75, 3.05) is 13.1 Å². The zero-order valence-electron chi connectivity index (χ0n) is 11.7. The van der Waals surface area contributed by atoms with Crippen molar-refractivity contribution in [2.45, 2.75) is 37.7 Å². The van der Waals surface area contributed by atoms with Crippen LogP contribution in [-0.2, 0) is 5.41 Å². The highest BCUT2D eigenvalue weighted by atomic mass is 35.5. The maximum absolute atomic E-state index is 11.7. The molecule has 4 nitrogen and oxygen atoms in total. The van der Waals surface area contributed by atoms with Gasteiger partial charge < -0.3 is 15.7 Å². The first kappa shape index (κ1) is 15.1. The van der Waals surface area contributed by atoms with E-state index in [1.807, 2.05) is 24.3 Å². The summed E-state index contributed by atoms with van der Waals surface area (Å²) in [6.07, 6.45) is 2.26. The van der Waals surface area contributed by atoms with E-state index in [-0.39, 0.29) is 11.4 Å². The lowest BCUT2D eigenvalue weighted by Gasteiger charge is -2.18. The Morgan fingerprint density at radius 2 is 2.10 bits per heavy atom. The molecule has 3 N–H and O–H groups in total. The standard InChI is InChI=1S/C15H21ClN2O2/c1-11(19)6-9-17-14(20)18-10-15(7-8-15)12-4-2-3-5-13(12)16/h2-5,11,19H,6-10H2,1H3,(H2,17,18,20). The van der Waals surface area contributed by atoms with Gasteiger partial charge in [0.2, 0.25) is 0 Å². The molecule has 110 valence electrons. The number of hydrogen-bond donors (Lipinski definition) is 3. The fraction of sp³-hybridized carbons (Fsp3) is 0.533. The van der Waals surface area contributed by atoms with Crippen molar-refractivity contribution >= 4 is 17.6 Å². The summed E-state index contributed by atoms with van der Waals surface area (Å²) in [4.78, 5) is 11.7. The molecular formula is C15H21ClN2O2. The lowest BCUT2D eigenvalue weighted by Crippen LogP contribution is -2.40. The Kier molecular flexibility index (Phi) is 4.89. The number of carbonyl (C=O) groups excluding carboxylic acids is 1. The highest BCUT2D eigenvalue weighted by Crippen LogP contribution is 2.49. The molecular weight excluding hydrogens is 276 g/mol. The van der Waals surface area contributed by atoms with Gasteiger partial charge in [0, 0.05) is 23.5 Å². The van der Waals surface area contributed by atoms with Gasteiger partial charge in [0.05, 0.1) is 6.10 Å². The summed E-state index contributed by atoms with van der Waals surface area (Å²) in [5, 5.41) is 15.5. The molecule has 0 aromatic heterocycles. The first-order chi connectivity index (χ1) is 9.53. The second-order valence-electron chi connectivity index (χ2n) is 5.51. The number of urea groups is 1. The molecule has 1 atom stereocenters. The van der Waals surface area contributed by atoms with Crippen molar-refractivity contribution in [3.8, 4) is 0 Å². The van der Waals surface area contributed by atoms with Crippen LogP contribution in [-0.4, -0.2) is 30.3 Å². The van der Waals surface area contributed by atoms with Gasteiger partial charge in [-0.2, -0.15) is 0 Å². The average Bonchev–Trinajstić information content (AvgIpc) is 3.17.